The van der Waals surface area contributed by atoms with Crippen LogP contribution in [0, 0.1) is 5.41 Å². The maximum absolute atomic E-state index is 12.6. The molecule has 1 fully saturated rings. The van der Waals surface area contributed by atoms with Crippen molar-refractivity contribution in [2.24, 2.45) is 5.41 Å². The molecular weight excluding hydrogens is 330 g/mol. The van der Waals surface area contributed by atoms with E-state index in [1.807, 2.05) is 34.6 Å². The molecule has 7 nitrogen and oxygen atoms in total. The Morgan fingerprint density at radius 1 is 1.12 bits per heavy atom. The van der Waals surface area contributed by atoms with Crippen LogP contribution in [0.25, 0.3) is 0 Å². The molecule has 0 unspecified atom stereocenters. The summed E-state index contributed by atoms with van der Waals surface area (Å²) in [5.74, 6) is 0. The summed E-state index contributed by atoms with van der Waals surface area (Å²) >= 11 is 0. The van der Waals surface area contributed by atoms with Crippen LogP contribution in [0.4, 0.5) is 4.79 Å². The quantitative estimate of drug-likeness (QED) is 0.830. The van der Waals surface area contributed by atoms with E-state index in [2.05, 4.69) is 5.32 Å². The van der Waals surface area contributed by atoms with E-state index in [-0.39, 0.29) is 24.0 Å². The largest absolute Gasteiger partial charge is 0.444 e. The molecule has 0 aromatic heterocycles. The Hall–Kier alpha value is -0.860. The smallest absolute Gasteiger partial charge is 0.407 e. The molecule has 0 aromatic carbocycles. The third-order valence-corrected chi connectivity index (χ3v) is 6.07. The normalized spacial score (nSPS) is 21.0. The monoisotopic (exact) mass is 363 g/mol. The average Bonchev–Trinajstić information content (AvgIpc) is 2.60. The van der Waals surface area contributed by atoms with Crippen LogP contribution < -0.4 is 5.32 Å². The van der Waals surface area contributed by atoms with Crippen molar-refractivity contribution < 1.29 is 17.9 Å². The molecule has 1 amide bonds. The Kier molecular flexibility index (Phi) is 6.33. The molecule has 142 valence electrons. The van der Waals surface area contributed by atoms with Gasteiger partial charge in [0.2, 0.25) is 0 Å². The Balaban J connectivity index is 2.87. The number of nitrogens with one attached hydrogen (secondary N) is 1. The number of nitrogens with zero attached hydrogens (tertiary/aromatic N) is 2. The van der Waals surface area contributed by atoms with Crippen molar-refractivity contribution in [3.8, 4) is 0 Å². The van der Waals surface area contributed by atoms with Gasteiger partial charge in [0.25, 0.3) is 10.2 Å². The lowest BCUT2D eigenvalue weighted by Gasteiger charge is -2.34. The Morgan fingerprint density at radius 3 is 2.04 bits per heavy atom. The zero-order valence-electron chi connectivity index (χ0n) is 16.2. The van der Waals surface area contributed by atoms with E-state index in [4.69, 9.17) is 4.74 Å². The zero-order chi connectivity index (χ0) is 18.9. The first kappa shape index (κ1) is 21.2. The summed E-state index contributed by atoms with van der Waals surface area (Å²) < 4.78 is 33.5. The fraction of sp³-hybridized carbons (Fsp3) is 0.938. The molecule has 0 spiro atoms. The van der Waals surface area contributed by atoms with Crippen molar-refractivity contribution in [1.82, 2.24) is 13.9 Å². The first-order valence-electron chi connectivity index (χ1n) is 8.41. The Bertz CT molecular complexity index is 547. The number of carbonyl (C=O) groups excluding carboxylic acids is 1. The molecule has 1 aliphatic rings. The molecule has 0 bridgehead atoms. The van der Waals surface area contributed by atoms with Gasteiger partial charge in [-0.1, -0.05) is 20.8 Å². The molecule has 0 aliphatic carbocycles. The molecule has 0 aromatic rings. The first-order chi connectivity index (χ1) is 10.6. The van der Waals surface area contributed by atoms with Crippen molar-refractivity contribution in [3.63, 3.8) is 0 Å². The van der Waals surface area contributed by atoms with Crippen molar-refractivity contribution >= 4 is 16.3 Å². The molecule has 24 heavy (non-hydrogen) atoms. The number of alkyl carbamates (subject to hydrolysis) is 1. The average molecular weight is 364 g/mol. The van der Waals surface area contributed by atoms with Gasteiger partial charge in [0, 0.05) is 25.7 Å². The topological polar surface area (TPSA) is 79.0 Å². The van der Waals surface area contributed by atoms with Gasteiger partial charge < -0.3 is 10.1 Å². The molecule has 0 saturated carbocycles. The highest BCUT2D eigenvalue weighted by Crippen LogP contribution is 2.25. The second-order valence-electron chi connectivity index (χ2n) is 8.64. The van der Waals surface area contributed by atoms with E-state index in [1.54, 1.807) is 20.8 Å². The van der Waals surface area contributed by atoms with Gasteiger partial charge in [-0.05, 0) is 40.0 Å². The van der Waals surface area contributed by atoms with Crippen LogP contribution in [-0.2, 0) is 14.9 Å². The summed E-state index contributed by atoms with van der Waals surface area (Å²) in [6.45, 7) is 16.2. The Morgan fingerprint density at radius 2 is 1.67 bits per heavy atom. The predicted molar refractivity (Wildman–Crippen MR) is 94.9 cm³/mol. The molecule has 1 N–H and O–H groups in total. The summed E-state index contributed by atoms with van der Waals surface area (Å²) in [5, 5.41) is 2.84. The van der Waals surface area contributed by atoms with Crippen LogP contribution in [0.5, 0.6) is 0 Å². The highest BCUT2D eigenvalue weighted by Gasteiger charge is 2.41. The minimum Gasteiger partial charge on any atom is -0.444 e. The lowest BCUT2D eigenvalue weighted by molar-refractivity contribution is 0.0454. The SMILES string of the molecule is CC(C)N1CCN(C[C@H](NC(=O)OC(C)(C)C)C(C)(C)C)S1(=O)=O. The molecule has 1 atom stereocenters. The van der Waals surface area contributed by atoms with E-state index < -0.39 is 21.9 Å². The lowest BCUT2D eigenvalue weighted by Crippen LogP contribution is -2.52. The minimum absolute atomic E-state index is 0.0769. The van der Waals surface area contributed by atoms with E-state index >= 15 is 0 Å². The van der Waals surface area contributed by atoms with Crippen molar-refractivity contribution in [1.29, 1.82) is 0 Å². The van der Waals surface area contributed by atoms with E-state index in [9.17, 15) is 13.2 Å². The fourth-order valence-electron chi connectivity index (χ4n) is 2.49. The second-order valence-corrected chi connectivity index (χ2v) is 10.5. The first-order valence-corrected chi connectivity index (χ1v) is 9.80. The van der Waals surface area contributed by atoms with Crippen LogP contribution in [0.1, 0.15) is 55.4 Å². The van der Waals surface area contributed by atoms with Crippen LogP contribution in [-0.4, -0.2) is 60.4 Å². The molecular formula is C16H33N3O4S. The van der Waals surface area contributed by atoms with Gasteiger partial charge in [-0.25, -0.2) is 4.79 Å². The molecule has 0 radical (unpaired) electrons. The van der Waals surface area contributed by atoms with E-state index in [0.29, 0.717) is 13.1 Å². The maximum atomic E-state index is 12.6. The van der Waals surface area contributed by atoms with Crippen LogP contribution in [0.3, 0.4) is 0 Å². The van der Waals surface area contributed by atoms with Crippen molar-refractivity contribution in [3.05, 3.63) is 0 Å². The molecule has 8 heteroatoms. The van der Waals surface area contributed by atoms with Crippen molar-refractivity contribution in [2.75, 3.05) is 19.6 Å². The fourth-order valence-corrected chi connectivity index (χ4v) is 4.28. The number of ether oxygens (including phenoxy) is 1. The minimum atomic E-state index is -3.48. The summed E-state index contributed by atoms with van der Waals surface area (Å²) in [6, 6.07) is -0.430. The van der Waals surface area contributed by atoms with Crippen LogP contribution >= 0.6 is 0 Å². The maximum Gasteiger partial charge on any atom is 0.407 e. The zero-order valence-corrected chi connectivity index (χ0v) is 17.0. The third-order valence-electron chi connectivity index (χ3n) is 3.89. The molecule has 1 aliphatic heterocycles. The highest BCUT2D eigenvalue weighted by atomic mass is 32.2. The number of amides is 1. The van der Waals surface area contributed by atoms with Gasteiger partial charge in [-0.3, -0.25) is 0 Å². The third kappa shape index (κ3) is 5.60. The second kappa shape index (κ2) is 7.17. The summed E-state index contributed by atoms with van der Waals surface area (Å²) in [7, 11) is -3.48. The predicted octanol–water partition coefficient (Wildman–Crippen LogP) is 2.20. The number of carbonyl (C=O) groups is 1. The highest BCUT2D eigenvalue weighted by molar-refractivity contribution is 7.87. The van der Waals surface area contributed by atoms with Gasteiger partial charge >= 0.3 is 6.09 Å². The van der Waals surface area contributed by atoms with Crippen LogP contribution in [0.15, 0.2) is 0 Å². The molecule has 1 rings (SSSR count). The number of rotatable bonds is 4. The standard InChI is InChI=1S/C16H33N3O4S/c1-12(2)19-10-9-18(24(19,21)22)11-13(15(3,4)5)17-14(20)23-16(6,7)8/h12-13H,9-11H2,1-8H3,(H,17,20)/t13-/m0/s1. The number of hydrogen-bond donors (Lipinski definition) is 1. The van der Waals surface area contributed by atoms with Gasteiger partial charge in [0.15, 0.2) is 0 Å². The number of hydrogen-bond acceptors (Lipinski definition) is 4. The van der Waals surface area contributed by atoms with Crippen molar-refractivity contribution in [2.45, 2.75) is 73.1 Å². The summed E-state index contributed by atoms with van der Waals surface area (Å²) in [5.41, 5.74) is -0.904. The summed E-state index contributed by atoms with van der Waals surface area (Å²) in [6.07, 6.45) is -0.528. The van der Waals surface area contributed by atoms with E-state index in [1.165, 1.54) is 8.61 Å². The van der Waals surface area contributed by atoms with Crippen LogP contribution in [0.2, 0.25) is 0 Å². The Labute approximate surface area is 146 Å². The van der Waals surface area contributed by atoms with Gasteiger partial charge in [0.05, 0.1) is 6.04 Å². The molecule has 1 heterocycles. The summed E-state index contributed by atoms with van der Waals surface area (Å²) in [4.78, 5) is 12.1. The van der Waals surface area contributed by atoms with E-state index in [0.717, 1.165) is 0 Å². The lowest BCUT2D eigenvalue weighted by atomic mass is 9.86. The van der Waals surface area contributed by atoms with Gasteiger partial charge in [-0.15, -0.1) is 0 Å². The van der Waals surface area contributed by atoms with Gasteiger partial charge in [-0.2, -0.15) is 17.0 Å². The molecule has 1 saturated heterocycles. The van der Waals surface area contributed by atoms with Gasteiger partial charge in [0.1, 0.15) is 5.60 Å².